The molecule has 1 aliphatic rings. The summed E-state index contributed by atoms with van der Waals surface area (Å²) in [6.45, 7) is 2.34. The first-order valence-electron chi connectivity index (χ1n) is 6.07. The van der Waals surface area contributed by atoms with Gasteiger partial charge in [0.15, 0.2) is 0 Å². The monoisotopic (exact) mass is 267 g/mol. The zero-order valence-corrected chi connectivity index (χ0v) is 10.6. The maximum atomic E-state index is 11.9. The Morgan fingerprint density at radius 3 is 2.68 bits per heavy atom. The van der Waals surface area contributed by atoms with E-state index in [1.165, 1.54) is 6.20 Å². The van der Waals surface area contributed by atoms with E-state index < -0.39 is 5.97 Å². The van der Waals surface area contributed by atoms with Crippen LogP contribution in [-0.2, 0) is 14.3 Å². The zero-order chi connectivity index (χ0) is 14.1. The second kappa shape index (κ2) is 8.11. The van der Waals surface area contributed by atoms with Gasteiger partial charge in [-0.3, -0.25) is 9.59 Å². The van der Waals surface area contributed by atoms with Gasteiger partial charge in [-0.1, -0.05) is 0 Å². The summed E-state index contributed by atoms with van der Waals surface area (Å²) in [5, 5.41) is 20.2. The van der Waals surface area contributed by atoms with Crippen LogP contribution in [0.25, 0.3) is 0 Å². The summed E-state index contributed by atoms with van der Waals surface area (Å²) < 4.78 is 5.13. The smallest absolute Gasteiger partial charge is 0.303 e. The highest BCUT2D eigenvalue weighted by Gasteiger charge is 2.20. The Labute approximate surface area is 111 Å². The van der Waals surface area contributed by atoms with E-state index in [4.69, 9.17) is 15.1 Å². The van der Waals surface area contributed by atoms with Crippen LogP contribution in [0.1, 0.15) is 12.8 Å². The molecule has 0 atom stereocenters. The average molecular weight is 267 g/mol. The van der Waals surface area contributed by atoms with Gasteiger partial charge in [0.05, 0.1) is 13.2 Å². The number of ether oxygens (including phenoxy) is 1. The molecule has 0 spiro atoms. The fourth-order valence-corrected chi connectivity index (χ4v) is 1.59. The first kappa shape index (κ1) is 15.0. The van der Waals surface area contributed by atoms with Crippen LogP contribution in [0, 0.1) is 11.3 Å². The van der Waals surface area contributed by atoms with Crippen LogP contribution in [0.2, 0.25) is 0 Å². The minimum atomic E-state index is -0.865. The molecule has 1 amide bonds. The molecule has 19 heavy (non-hydrogen) atoms. The number of nitriles is 1. The highest BCUT2D eigenvalue weighted by Crippen LogP contribution is 2.04. The summed E-state index contributed by atoms with van der Waals surface area (Å²) in [7, 11) is 0. The molecule has 0 bridgehead atoms. The lowest BCUT2D eigenvalue weighted by Gasteiger charge is -2.26. The largest absolute Gasteiger partial charge is 0.481 e. The number of amides is 1. The number of carboxylic acids is 1. The fraction of sp³-hybridized carbons (Fsp3) is 0.583. The Balaban J connectivity index is 2.40. The van der Waals surface area contributed by atoms with E-state index in [-0.39, 0.29) is 17.9 Å². The van der Waals surface area contributed by atoms with Crippen molar-refractivity contribution in [2.24, 2.45) is 0 Å². The summed E-state index contributed by atoms with van der Waals surface area (Å²) in [6.07, 6.45) is 1.84. The molecule has 0 aromatic carbocycles. The molecule has 1 saturated heterocycles. The Morgan fingerprint density at radius 1 is 1.42 bits per heavy atom. The van der Waals surface area contributed by atoms with Gasteiger partial charge in [0.1, 0.15) is 11.6 Å². The summed E-state index contributed by atoms with van der Waals surface area (Å²) in [5.41, 5.74) is 0.0252. The van der Waals surface area contributed by atoms with Crippen molar-refractivity contribution in [3.8, 4) is 6.07 Å². The van der Waals surface area contributed by atoms with E-state index in [1.807, 2.05) is 6.07 Å². The number of nitrogens with one attached hydrogen (secondary N) is 1. The minimum absolute atomic E-state index is 0.0252. The molecule has 0 aromatic heterocycles. The first-order valence-corrected chi connectivity index (χ1v) is 6.07. The lowest BCUT2D eigenvalue weighted by Crippen LogP contribution is -2.41. The summed E-state index contributed by atoms with van der Waals surface area (Å²) in [5.74, 6) is -1.19. The second-order valence-corrected chi connectivity index (χ2v) is 4.03. The predicted octanol–water partition coefficient (Wildman–Crippen LogP) is -0.293. The molecule has 1 fully saturated rings. The molecular formula is C12H17N3O4. The molecule has 1 aliphatic heterocycles. The van der Waals surface area contributed by atoms with Crippen LogP contribution >= 0.6 is 0 Å². The summed E-state index contributed by atoms with van der Waals surface area (Å²) in [4.78, 5) is 23.8. The molecule has 7 nitrogen and oxygen atoms in total. The van der Waals surface area contributed by atoms with Crippen molar-refractivity contribution < 1.29 is 19.4 Å². The normalized spacial score (nSPS) is 15.7. The van der Waals surface area contributed by atoms with Gasteiger partial charge in [0.2, 0.25) is 0 Å². The Hall–Kier alpha value is -2.07. The van der Waals surface area contributed by atoms with Gasteiger partial charge in [0, 0.05) is 32.3 Å². The number of hydrogen-bond donors (Lipinski definition) is 2. The Morgan fingerprint density at radius 2 is 2.11 bits per heavy atom. The molecular weight excluding hydrogens is 250 g/mol. The molecule has 1 rings (SSSR count). The van der Waals surface area contributed by atoms with Gasteiger partial charge in [-0.25, -0.2) is 0 Å². The number of morpholine rings is 1. The molecule has 0 aromatic rings. The summed E-state index contributed by atoms with van der Waals surface area (Å²) in [6, 6.07) is 1.85. The van der Waals surface area contributed by atoms with Gasteiger partial charge < -0.3 is 20.1 Å². The molecule has 0 radical (unpaired) electrons. The lowest BCUT2D eigenvalue weighted by molar-refractivity contribution is -0.137. The average Bonchev–Trinajstić information content (AvgIpc) is 2.43. The number of nitrogens with zero attached hydrogens (tertiary/aromatic N) is 2. The van der Waals surface area contributed by atoms with E-state index in [0.29, 0.717) is 39.3 Å². The molecule has 0 aliphatic carbocycles. The van der Waals surface area contributed by atoms with E-state index >= 15 is 0 Å². The number of carbonyl (C=O) groups is 2. The van der Waals surface area contributed by atoms with E-state index in [1.54, 1.807) is 4.90 Å². The number of carboxylic acid groups (broad SMARTS) is 1. The van der Waals surface area contributed by atoms with Gasteiger partial charge in [-0.05, 0) is 6.42 Å². The highest BCUT2D eigenvalue weighted by molar-refractivity contribution is 5.97. The van der Waals surface area contributed by atoms with Crippen molar-refractivity contribution in [1.82, 2.24) is 10.2 Å². The van der Waals surface area contributed by atoms with Crippen LogP contribution in [-0.4, -0.2) is 54.7 Å². The third kappa shape index (κ3) is 5.40. The third-order valence-electron chi connectivity index (χ3n) is 2.61. The van der Waals surface area contributed by atoms with Crippen molar-refractivity contribution in [3.63, 3.8) is 0 Å². The van der Waals surface area contributed by atoms with Crippen LogP contribution in [0.3, 0.4) is 0 Å². The van der Waals surface area contributed by atoms with Crippen LogP contribution in [0.4, 0.5) is 0 Å². The lowest BCUT2D eigenvalue weighted by atomic mass is 10.2. The minimum Gasteiger partial charge on any atom is -0.481 e. The molecule has 0 saturated carbocycles. The third-order valence-corrected chi connectivity index (χ3v) is 2.61. The van der Waals surface area contributed by atoms with E-state index in [2.05, 4.69) is 5.32 Å². The molecule has 0 unspecified atom stereocenters. The van der Waals surface area contributed by atoms with Crippen molar-refractivity contribution >= 4 is 11.9 Å². The van der Waals surface area contributed by atoms with Crippen molar-refractivity contribution in [1.29, 1.82) is 5.26 Å². The number of hydrogen-bond acceptors (Lipinski definition) is 5. The Bertz CT molecular complexity index is 394. The standard InChI is InChI=1S/C12H17N3O4/c13-8-10(9-14-3-1-2-11(16)17)12(18)15-4-6-19-7-5-15/h9,14H,1-7H2,(H,16,17)/b10-9-. The Kier molecular flexibility index (Phi) is 6.39. The summed E-state index contributed by atoms with van der Waals surface area (Å²) >= 11 is 0. The van der Waals surface area contributed by atoms with Crippen LogP contribution in [0.5, 0.6) is 0 Å². The number of rotatable bonds is 6. The van der Waals surface area contributed by atoms with E-state index in [0.717, 1.165) is 0 Å². The first-order chi connectivity index (χ1) is 9.15. The van der Waals surface area contributed by atoms with Gasteiger partial charge in [-0.2, -0.15) is 5.26 Å². The van der Waals surface area contributed by atoms with Gasteiger partial charge in [-0.15, -0.1) is 0 Å². The zero-order valence-electron chi connectivity index (χ0n) is 10.6. The number of aliphatic carboxylic acids is 1. The highest BCUT2D eigenvalue weighted by atomic mass is 16.5. The van der Waals surface area contributed by atoms with Gasteiger partial charge >= 0.3 is 5.97 Å². The van der Waals surface area contributed by atoms with Gasteiger partial charge in [0.25, 0.3) is 5.91 Å². The van der Waals surface area contributed by atoms with Crippen molar-refractivity contribution in [3.05, 3.63) is 11.8 Å². The number of carbonyl (C=O) groups excluding carboxylic acids is 1. The quantitative estimate of drug-likeness (QED) is 0.389. The predicted molar refractivity (Wildman–Crippen MR) is 66.0 cm³/mol. The van der Waals surface area contributed by atoms with Crippen molar-refractivity contribution in [2.75, 3.05) is 32.8 Å². The van der Waals surface area contributed by atoms with Crippen LogP contribution < -0.4 is 5.32 Å². The SMILES string of the molecule is N#C/C(=C/NCCCC(=O)O)C(=O)N1CCOCC1. The maximum Gasteiger partial charge on any atom is 0.303 e. The molecule has 1 heterocycles. The molecule has 104 valence electrons. The van der Waals surface area contributed by atoms with Crippen LogP contribution in [0.15, 0.2) is 11.8 Å². The maximum absolute atomic E-state index is 11.9. The topological polar surface area (TPSA) is 103 Å². The fourth-order valence-electron chi connectivity index (χ4n) is 1.59. The van der Waals surface area contributed by atoms with E-state index in [9.17, 15) is 9.59 Å². The van der Waals surface area contributed by atoms with Crippen molar-refractivity contribution in [2.45, 2.75) is 12.8 Å². The second-order valence-electron chi connectivity index (χ2n) is 4.03. The molecule has 7 heteroatoms. The molecule has 2 N–H and O–H groups in total.